The molecule has 0 aliphatic carbocycles. The average molecular weight is 208 g/mol. The van der Waals surface area contributed by atoms with E-state index in [4.69, 9.17) is 0 Å². The van der Waals surface area contributed by atoms with Crippen LogP contribution in [0, 0.1) is 23.3 Å². The van der Waals surface area contributed by atoms with E-state index in [9.17, 15) is 17.6 Å². The van der Waals surface area contributed by atoms with Gasteiger partial charge in [-0.1, -0.05) is 6.92 Å². The highest BCUT2D eigenvalue weighted by Crippen LogP contribution is 2.30. The molecule has 1 nitrogen and oxygen atoms in total. The van der Waals surface area contributed by atoms with Crippen molar-refractivity contribution >= 4 is 0 Å². The van der Waals surface area contributed by atoms with Crippen LogP contribution in [-0.2, 0) is 6.42 Å². The topological polar surface area (TPSA) is 9.23 Å². The van der Waals surface area contributed by atoms with Crippen molar-refractivity contribution < 1.29 is 22.3 Å². The molecule has 0 aliphatic rings. The van der Waals surface area contributed by atoms with Gasteiger partial charge in [0.2, 0.25) is 11.6 Å². The predicted octanol–water partition coefficient (Wildman–Crippen LogP) is 2.81. The lowest BCUT2D eigenvalue weighted by molar-refractivity contribution is 0.339. The molecule has 0 amide bonds. The standard InChI is InChI=1S/C9H8F4O/c1-3-4-5(10)6(11)7(12)8(13)9(4)14-2/h3H2,1-2H3. The third-order valence-corrected chi connectivity index (χ3v) is 1.87. The molecule has 0 atom stereocenters. The van der Waals surface area contributed by atoms with E-state index in [2.05, 4.69) is 4.74 Å². The van der Waals surface area contributed by atoms with E-state index in [1.165, 1.54) is 6.92 Å². The fourth-order valence-electron chi connectivity index (χ4n) is 1.19. The van der Waals surface area contributed by atoms with Crippen LogP contribution in [0.25, 0.3) is 0 Å². The Hall–Kier alpha value is -1.26. The molecule has 0 unspecified atom stereocenters. The Balaban J connectivity index is 3.57. The summed E-state index contributed by atoms with van der Waals surface area (Å²) in [5, 5.41) is 0. The van der Waals surface area contributed by atoms with Crippen LogP contribution < -0.4 is 4.74 Å². The first kappa shape index (κ1) is 10.8. The summed E-state index contributed by atoms with van der Waals surface area (Å²) in [6.07, 6.45) is 0.0170. The second-order valence-electron chi connectivity index (χ2n) is 2.62. The van der Waals surface area contributed by atoms with Gasteiger partial charge < -0.3 is 4.74 Å². The average Bonchev–Trinajstić information content (AvgIpc) is 2.20. The second kappa shape index (κ2) is 3.86. The van der Waals surface area contributed by atoms with Gasteiger partial charge in [0.15, 0.2) is 17.4 Å². The van der Waals surface area contributed by atoms with Crippen LogP contribution in [-0.4, -0.2) is 7.11 Å². The minimum atomic E-state index is -1.85. The highest BCUT2D eigenvalue weighted by molar-refractivity contribution is 5.37. The number of methoxy groups -OCH3 is 1. The SMILES string of the molecule is CCc1c(F)c(F)c(F)c(F)c1OC. The summed E-state index contributed by atoms with van der Waals surface area (Å²) in [6, 6.07) is 0. The van der Waals surface area contributed by atoms with E-state index >= 15 is 0 Å². The van der Waals surface area contributed by atoms with Crippen LogP contribution in [0.1, 0.15) is 12.5 Å². The maximum Gasteiger partial charge on any atom is 0.204 e. The molecule has 0 spiro atoms. The molecule has 78 valence electrons. The Kier molecular flexibility index (Phi) is 2.98. The Morgan fingerprint density at radius 1 is 0.929 bits per heavy atom. The van der Waals surface area contributed by atoms with Gasteiger partial charge in [-0.2, -0.15) is 4.39 Å². The van der Waals surface area contributed by atoms with Gasteiger partial charge >= 0.3 is 0 Å². The Morgan fingerprint density at radius 3 is 1.86 bits per heavy atom. The fraction of sp³-hybridized carbons (Fsp3) is 0.333. The first-order valence-electron chi connectivity index (χ1n) is 3.93. The van der Waals surface area contributed by atoms with Crippen molar-refractivity contribution in [2.24, 2.45) is 0 Å². The van der Waals surface area contributed by atoms with E-state index in [1.807, 2.05) is 0 Å². The predicted molar refractivity (Wildman–Crippen MR) is 42.2 cm³/mol. The normalized spacial score (nSPS) is 10.4. The molecule has 0 bridgehead atoms. The molecule has 0 aliphatic heterocycles. The molecule has 1 aromatic rings. The van der Waals surface area contributed by atoms with Crippen molar-refractivity contribution in [2.75, 3.05) is 7.11 Å². The fourth-order valence-corrected chi connectivity index (χ4v) is 1.19. The van der Waals surface area contributed by atoms with E-state index in [1.54, 1.807) is 0 Å². The number of halogens is 4. The van der Waals surface area contributed by atoms with E-state index in [-0.39, 0.29) is 12.0 Å². The van der Waals surface area contributed by atoms with Gasteiger partial charge in [-0.05, 0) is 6.42 Å². The summed E-state index contributed by atoms with van der Waals surface area (Å²) in [5.74, 6) is -7.13. The summed E-state index contributed by atoms with van der Waals surface area (Å²) in [6.45, 7) is 1.48. The van der Waals surface area contributed by atoms with Gasteiger partial charge in [0, 0.05) is 5.56 Å². The van der Waals surface area contributed by atoms with Crippen LogP contribution >= 0.6 is 0 Å². The summed E-state index contributed by atoms with van der Waals surface area (Å²) < 4.78 is 55.9. The van der Waals surface area contributed by atoms with Crippen molar-refractivity contribution in [1.29, 1.82) is 0 Å². The van der Waals surface area contributed by atoms with Crippen LogP contribution in [0.15, 0.2) is 0 Å². The van der Waals surface area contributed by atoms with Crippen molar-refractivity contribution in [1.82, 2.24) is 0 Å². The lowest BCUT2D eigenvalue weighted by Gasteiger charge is -2.10. The van der Waals surface area contributed by atoms with Gasteiger partial charge in [-0.15, -0.1) is 0 Å². The highest BCUT2D eigenvalue weighted by Gasteiger charge is 2.24. The molecule has 0 aromatic heterocycles. The first-order chi connectivity index (χ1) is 6.54. The van der Waals surface area contributed by atoms with Crippen molar-refractivity contribution in [3.8, 4) is 5.75 Å². The quantitative estimate of drug-likeness (QED) is 0.412. The van der Waals surface area contributed by atoms with Crippen molar-refractivity contribution in [2.45, 2.75) is 13.3 Å². The minimum Gasteiger partial charge on any atom is -0.493 e. The molecule has 0 fully saturated rings. The van der Waals surface area contributed by atoms with Crippen molar-refractivity contribution in [3.63, 3.8) is 0 Å². The lowest BCUT2D eigenvalue weighted by Crippen LogP contribution is -2.05. The molecule has 0 saturated carbocycles. The number of hydrogen-bond donors (Lipinski definition) is 0. The number of rotatable bonds is 2. The smallest absolute Gasteiger partial charge is 0.204 e. The Labute approximate surface area is 78.3 Å². The summed E-state index contributed by atoms with van der Waals surface area (Å²) in [7, 11) is 1.06. The number of ether oxygens (including phenoxy) is 1. The Morgan fingerprint density at radius 2 is 1.43 bits per heavy atom. The molecule has 1 aromatic carbocycles. The van der Waals surface area contributed by atoms with Gasteiger partial charge in [0.1, 0.15) is 0 Å². The second-order valence-corrected chi connectivity index (χ2v) is 2.62. The summed E-state index contributed by atoms with van der Waals surface area (Å²) >= 11 is 0. The van der Waals surface area contributed by atoms with E-state index < -0.39 is 29.0 Å². The van der Waals surface area contributed by atoms with Gasteiger partial charge in [0.25, 0.3) is 0 Å². The van der Waals surface area contributed by atoms with Crippen LogP contribution in [0.5, 0.6) is 5.75 Å². The number of hydrogen-bond acceptors (Lipinski definition) is 1. The minimum absolute atomic E-state index is 0.0170. The van der Waals surface area contributed by atoms with Gasteiger partial charge in [0.05, 0.1) is 7.11 Å². The van der Waals surface area contributed by atoms with Crippen LogP contribution in [0.4, 0.5) is 17.6 Å². The van der Waals surface area contributed by atoms with E-state index in [0.29, 0.717) is 0 Å². The summed E-state index contributed by atoms with van der Waals surface area (Å²) in [5.41, 5.74) is -0.302. The maximum atomic E-state index is 13.0. The van der Waals surface area contributed by atoms with E-state index in [0.717, 1.165) is 7.11 Å². The molecular formula is C9H8F4O. The molecule has 0 heterocycles. The monoisotopic (exact) mass is 208 g/mol. The van der Waals surface area contributed by atoms with Crippen molar-refractivity contribution in [3.05, 3.63) is 28.8 Å². The largest absolute Gasteiger partial charge is 0.493 e. The van der Waals surface area contributed by atoms with Gasteiger partial charge in [-0.25, -0.2) is 13.2 Å². The molecule has 0 saturated heterocycles. The van der Waals surface area contributed by atoms with Crippen LogP contribution in [0.2, 0.25) is 0 Å². The molecular weight excluding hydrogens is 200 g/mol. The number of benzene rings is 1. The third-order valence-electron chi connectivity index (χ3n) is 1.87. The Bertz CT molecular complexity index is 328. The van der Waals surface area contributed by atoms with Crippen LogP contribution in [0.3, 0.4) is 0 Å². The maximum absolute atomic E-state index is 13.0. The molecule has 0 N–H and O–H groups in total. The first-order valence-corrected chi connectivity index (χ1v) is 3.93. The zero-order chi connectivity index (χ0) is 10.9. The molecule has 14 heavy (non-hydrogen) atoms. The lowest BCUT2D eigenvalue weighted by atomic mass is 10.1. The highest BCUT2D eigenvalue weighted by atomic mass is 19.2. The third kappa shape index (κ3) is 1.42. The molecule has 5 heteroatoms. The molecule has 0 radical (unpaired) electrons. The molecule has 1 rings (SSSR count). The van der Waals surface area contributed by atoms with Gasteiger partial charge in [-0.3, -0.25) is 0 Å². The summed E-state index contributed by atoms with van der Waals surface area (Å²) in [4.78, 5) is 0. The zero-order valence-corrected chi connectivity index (χ0v) is 7.63. The zero-order valence-electron chi connectivity index (χ0n) is 7.63.